The first-order valence-electron chi connectivity index (χ1n) is 9.17. The largest absolute Gasteiger partial charge is 0.497 e. The van der Waals surface area contributed by atoms with Gasteiger partial charge in [0.25, 0.3) is 5.91 Å². The summed E-state index contributed by atoms with van der Waals surface area (Å²) >= 11 is 0. The van der Waals surface area contributed by atoms with Crippen molar-refractivity contribution in [2.24, 2.45) is 11.8 Å². The molecule has 2 aromatic rings. The highest BCUT2D eigenvalue weighted by molar-refractivity contribution is 6.25. The van der Waals surface area contributed by atoms with Crippen LogP contribution in [-0.2, 0) is 9.59 Å². The first kappa shape index (κ1) is 18.0. The molecule has 3 amide bonds. The Morgan fingerprint density at radius 3 is 2.36 bits per heavy atom. The van der Waals surface area contributed by atoms with Gasteiger partial charge in [-0.15, -0.1) is 0 Å². The van der Waals surface area contributed by atoms with Gasteiger partial charge in [0.15, 0.2) is 0 Å². The number of hydrogen-bond donors (Lipinski definition) is 1. The minimum atomic E-state index is -0.391. The number of imide groups is 1. The van der Waals surface area contributed by atoms with E-state index in [0.29, 0.717) is 30.0 Å². The highest BCUT2D eigenvalue weighted by atomic mass is 16.5. The van der Waals surface area contributed by atoms with Crippen molar-refractivity contribution in [2.75, 3.05) is 17.3 Å². The summed E-state index contributed by atoms with van der Waals surface area (Å²) in [4.78, 5) is 39.9. The quantitative estimate of drug-likeness (QED) is 0.655. The van der Waals surface area contributed by atoms with Crippen molar-refractivity contribution < 1.29 is 19.1 Å². The third-order valence-corrected chi connectivity index (χ3v) is 5.22. The molecule has 0 bridgehead atoms. The molecule has 2 atom stereocenters. The second-order valence-corrected chi connectivity index (χ2v) is 6.87. The van der Waals surface area contributed by atoms with Gasteiger partial charge in [-0.3, -0.25) is 14.4 Å². The van der Waals surface area contributed by atoms with E-state index in [0.717, 1.165) is 0 Å². The Morgan fingerprint density at radius 1 is 1.00 bits per heavy atom. The van der Waals surface area contributed by atoms with Crippen LogP contribution in [0, 0.1) is 11.8 Å². The van der Waals surface area contributed by atoms with E-state index in [9.17, 15) is 14.4 Å². The molecule has 0 spiro atoms. The minimum Gasteiger partial charge on any atom is -0.497 e. The van der Waals surface area contributed by atoms with Crippen LogP contribution in [0.2, 0.25) is 0 Å². The zero-order valence-electron chi connectivity index (χ0n) is 15.4. The van der Waals surface area contributed by atoms with Gasteiger partial charge >= 0.3 is 0 Å². The van der Waals surface area contributed by atoms with Crippen LogP contribution in [0.15, 0.2) is 60.7 Å². The molecule has 1 N–H and O–H groups in total. The lowest BCUT2D eigenvalue weighted by Gasteiger charge is -2.18. The van der Waals surface area contributed by atoms with E-state index in [1.54, 1.807) is 55.6 Å². The van der Waals surface area contributed by atoms with Crippen LogP contribution >= 0.6 is 0 Å². The summed E-state index contributed by atoms with van der Waals surface area (Å²) in [5.41, 5.74) is 1.17. The topological polar surface area (TPSA) is 75.7 Å². The predicted molar refractivity (Wildman–Crippen MR) is 105 cm³/mol. The molecule has 0 radical (unpaired) electrons. The minimum absolute atomic E-state index is 0.235. The first-order chi connectivity index (χ1) is 13.6. The van der Waals surface area contributed by atoms with Gasteiger partial charge in [-0.05, 0) is 37.1 Å². The van der Waals surface area contributed by atoms with Crippen LogP contribution < -0.4 is 15.0 Å². The van der Waals surface area contributed by atoms with Crippen molar-refractivity contribution >= 4 is 29.1 Å². The number of carbonyl (C=O) groups is 3. The normalized spacial score (nSPS) is 20.8. The molecule has 6 nitrogen and oxygen atoms in total. The molecular weight excluding hydrogens is 356 g/mol. The van der Waals surface area contributed by atoms with Crippen molar-refractivity contribution in [3.8, 4) is 5.75 Å². The van der Waals surface area contributed by atoms with Gasteiger partial charge in [-0.2, -0.15) is 0 Å². The van der Waals surface area contributed by atoms with Gasteiger partial charge in [0, 0.05) is 11.8 Å². The lowest BCUT2D eigenvalue weighted by atomic mass is 9.85. The molecule has 0 saturated carbocycles. The molecule has 142 valence electrons. The van der Waals surface area contributed by atoms with Crippen LogP contribution in [0.25, 0.3) is 0 Å². The van der Waals surface area contributed by atoms with Crippen LogP contribution in [0.5, 0.6) is 5.75 Å². The number of amides is 3. The van der Waals surface area contributed by atoms with Crippen LogP contribution in [0.1, 0.15) is 23.2 Å². The van der Waals surface area contributed by atoms with E-state index < -0.39 is 5.91 Å². The second-order valence-electron chi connectivity index (χ2n) is 6.87. The number of carbonyl (C=O) groups excluding carboxylic acids is 3. The van der Waals surface area contributed by atoms with Crippen molar-refractivity contribution in [1.29, 1.82) is 0 Å². The van der Waals surface area contributed by atoms with Gasteiger partial charge in [0.2, 0.25) is 11.8 Å². The van der Waals surface area contributed by atoms with Gasteiger partial charge in [-0.25, -0.2) is 4.90 Å². The summed E-state index contributed by atoms with van der Waals surface area (Å²) in [6.45, 7) is 0. The number of rotatable bonds is 4. The first-order valence-corrected chi connectivity index (χ1v) is 9.17. The number of ether oxygens (including phenoxy) is 1. The number of para-hydroxylation sites is 1. The molecular formula is C22H20N2O4. The molecule has 4 rings (SSSR count). The number of nitrogens with one attached hydrogen (secondary N) is 1. The summed E-state index contributed by atoms with van der Waals surface area (Å²) in [5, 5.41) is 2.81. The number of anilines is 2. The van der Waals surface area contributed by atoms with E-state index in [-0.39, 0.29) is 29.2 Å². The van der Waals surface area contributed by atoms with Crippen molar-refractivity contribution in [2.45, 2.75) is 12.8 Å². The molecule has 1 saturated heterocycles. The maximum atomic E-state index is 12.9. The number of benzene rings is 2. The Kier molecular flexibility index (Phi) is 4.69. The number of nitrogens with zero attached hydrogens (tertiary/aromatic N) is 1. The van der Waals surface area contributed by atoms with E-state index in [4.69, 9.17) is 4.74 Å². The lowest BCUT2D eigenvalue weighted by molar-refractivity contribution is -0.122. The average Bonchev–Trinajstić information content (AvgIpc) is 2.98. The van der Waals surface area contributed by atoms with Gasteiger partial charge in [0.1, 0.15) is 5.75 Å². The summed E-state index contributed by atoms with van der Waals surface area (Å²) in [7, 11) is 1.55. The van der Waals surface area contributed by atoms with Crippen LogP contribution in [-0.4, -0.2) is 24.8 Å². The average molecular weight is 376 g/mol. The molecule has 1 fully saturated rings. The summed E-state index contributed by atoms with van der Waals surface area (Å²) in [6.07, 6.45) is 5.00. The molecule has 1 aliphatic carbocycles. The Balaban J connectivity index is 1.64. The molecule has 1 aliphatic heterocycles. The highest BCUT2D eigenvalue weighted by Gasteiger charge is 2.48. The third-order valence-electron chi connectivity index (χ3n) is 5.22. The second kappa shape index (κ2) is 7.31. The zero-order chi connectivity index (χ0) is 19.7. The molecule has 2 aliphatic rings. The standard InChI is InChI=1S/C22H20N2O4/c1-28-15-8-6-7-14(13-15)23-20(25)18-11-4-5-12-19(18)24-21(26)16-9-2-3-10-17(16)22(24)27/h2-8,11-13,16-17H,9-10H2,1H3,(H,23,25)/t16-,17-/m0/s1. The van der Waals surface area contributed by atoms with Crippen molar-refractivity contribution in [3.63, 3.8) is 0 Å². The third kappa shape index (κ3) is 3.07. The Labute approximate surface area is 162 Å². The smallest absolute Gasteiger partial charge is 0.257 e. The summed E-state index contributed by atoms with van der Waals surface area (Å²) in [5.74, 6) is -0.925. The predicted octanol–water partition coefficient (Wildman–Crippen LogP) is 3.40. The number of allylic oxidation sites excluding steroid dienone is 2. The van der Waals surface area contributed by atoms with Crippen molar-refractivity contribution in [3.05, 3.63) is 66.2 Å². The highest BCUT2D eigenvalue weighted by Crippen LogP contribution is 2.38. The summed E-state index contributed by atoms with van der Waals surface area (Å²) < 4.78 is 5.17. The molecule has 28 heavy (non-hydrogen) atoms. The van der Waals surface area contributed by atoms with Crippen molar-refractivity contribution in [1.82, 2.24) is 0 Å². The van der Waals surface area contributed by atoms with E-state index in [1.807, 2.05) is 12.2 Å². The van der Waals surface area contributed by atoms with Gasteiger partial charge < -0.3 is 10.1 Å². The van der Waals surface area contributed by atoms with Gasteiger partial charge in [-0.1, -0.05) is 30.4 Å². The SMILES string of the molecule is COc1cccc(NC(=O)c2ccccc2N2C(=O)[C@H]3CC=CC[C@@H]3C2=O)c1. The monoisotopic (exact) mass is 376 g/mol. The maximum Gasteiger partial charge on any atom is 0.257 e. The Bertz CT molecular complexity index is 956. The lowest BCUT2D eigenvalue weighted by Crippen LogP contribution is -2.32. The number of fused-ring (bicyclic) bond motifs is 1. The summed E-state index contributed by atoms with van der Waals surface area (Å²) in [6, 6.07) is 13.7. The molecule has 0 aromatic heterocycles. The maximum absolute atomic E-state index is 12.9. The fourth-order valence-corrected chi connectivity index (χ4v) is 3.80. The molecule has 1 heterocycles. The van der Waals surface area contributed by atoms with E-state index in [1.165, 1.54) is 4.90 Å². The van der Waals surface area contributed by atoms with Crippen LogP contribution in [0.4, 0.5) is 11.4 Å². The van der Waals surface area contributed by atoms with E-state index in [2.05, 4.69) is 5.32 Å². The molecule has 2 aromatic carbocycles. The fraction of sp³-hybridized carbons (Fsp3) is 0.227. The zero-order valence-corrected chi connectivity index (χ0v) is 15.4. The Hall–Kier alpha value is -3.41. The number of methoxy groups -OCH3 is 1. The molecule has 6 heteroatoms. The van der Waals surface area contributed by atoms with Gasteiger partial charge in [0.05, 0.1) is 30.2 Å². The Morgan fingerprint density at radius 2 is 1.68 bits per heavy atom. The fourth-order valence-electron chi connectivity index (χ4n) is 3.80. The molecule has 0 unspecified atom stereocenters. The number of hydrogen-bond acceptors (Lipinski definition) is 4. The van der Waals surface area contributed by atoms with Crippen LogP contribution in [0.3, 0.4) is 0 Å². The van der Waals surface area contributed by atoms with E-state index >= 15 is 0 Å².